The van der Waals surface area contributed by atoms with Crippen LogP contribution in [0.3, 0.4) is 0 Å². The van der Waals surface area contributed by atoms with Gasteiger partial charge in [-0.3, -0.25) is 14.4 Å². The largest absolute Gasteiger partial charge is 0.465 e. The molecule has 132 valence electrons. The smallest absolute Gasteiger partial charge is 0.323 e. The van der Waals surface area contributed by atoms with Gasteiger partial charge < -0.3 is 9.47 Å². The molecule has 0 amide bonds. The van der Waals surface area contributed by atoms with E-state index in [0.29, 0.717) is 12.8 Å². The molecule has 3 rings (SSSR count). The van der Waals surface area contributed by atoms with Crippen LogP contribution in [0, 0.1) is 22.7 Å². The van der Waals surface area contributed by atoms with Crippen molar-refractivity contribution in [3.8, 4) is 0 Å². The number of esters is 2. The van der Waals surface area contributed by atoms with Crippen molar-refractivity contribution >= 4 is 17.7 Å². The van der Waals surface area contributed by atoms with Gasteiger partial charge in [0.15, 0.2) is 5.41 Å². The molecule has 3 aliphatic rings. The molecule has 5 nitrogen and oxygen atoms in total. The average molecular weight is 334 g/mol. The van der Waals surface area contributed by atoms with Gasteiger partial charge in [0, 0.05) is 5.92 Å². The summed E-state index contributed by atoms with van der Waals surface area (Å²) in [5.41, 5.74) is -0.0712. The van der Waals surface area contributed by atoms with E-state index in [1.807, 2.05) is 0 Å². The van der Waals surface area contributed by atoms with Crippen LogP contribution in [0.1, 0.15) is 52.9 Å². The molecule has 1 unspecified atom stereocenters. The molecule has 2 fully saturated rings. The summed E-state index contributed by atoms with van der Waals surface area (Å²) < 4.78 is 10.4. The van der Waals surface area contributed by atoms with Crippen LogP contribution in [0.4, 0.5) is 0 Å². The molecule has 0 N–H and O–H groups in total. The Hall–Kier alpha value is -1.65. The molecular weight excluding hydrogens is 308 g/mol. The second-order valence-electron chi connectivity index (χ2n) is 7.51. The molecule has 0 bridgehead atoms. The van der Waals surface area contributed by atoms with E-state index in [9.17, 15) is 14.4 Å². The maximum Gasteiger partial charge on any atom is 0.323 e. The highest BCUT2D eigenvalue weighted by Gasteiger charge is 2.61. The molecule has 0 aromatic carbocycles. The van der Waals surface area contributed by atoms with Gasteiger partial charge in [0.25, 0.3) is 0 Å². The number of hydrogen-bond donors (Lipinski definition) is 0. The summed E-state index contributed by atoms with van der Waals surface area (Å²) in [5, 5.41) is 0. The lowest BCUT2D eigenvalue weighted by Gasteiger charge is -2.31. The van der Waals surface area contributed by atoms with Crippen LogP contribution in [-0.2, 0) is 23.9 Å². The Balaban J connectivity index is 1.97. The standard InChI is InChI=1S/C19H26O5/c1-4-23-16(21)19(17(22)24-5-2)9-13-8-18(6-7-18)10-14(12(3)20)15(13)11-19/h8,14-15H,4-7,9-11H2,1-3H3/t14?,15-/m1/s1. The lowest BCUT2D eigenvalue weighted by molar-refractivity contribution is -0.172. The average Bonchev–Trinajstić information content (AvgIpc) is 3.14. The number of fused-ring (bicyclic) bond motifs is 1. The fourth-order valence-electron chi connectivity index (χ4n) is 4.52. The Morgan fingerprint density at radius 3 is 2.12 bits per heavy atom. The van der Waals surface area contributed by atoms with Crippen molar-refractivity contribution < 1.29 is 23.9 Å². The van der Waals surface area contributed by atoms with Crippen molar-refractivity contribution in [1.82, 2.24) is 0 Å². The van der Waals surface area contributed by atoms with Crippen molar-refractivity contribution in [1.29, 1.82) is 0 Å². The van der Waals surface area contributed by atoms with Crippen LogP contribution in [0.5, 0.6) is 0 Å². The number of allylic oxidation sites excluding steroid dienone is 2. The Morgan fingerprint density at radius 2 is 1.67 bits per heavy atom. The van der Waals surface area contributed by atoms with E-state index in [-0.39, 0.29) is 36.2 Å². The number of ether oxygens (including phenoxy) is 2. The molecule has 5 heteroatoms. The lowest BCUT2D eigenvalue weighted by Crippen LogP contribution is -2.40. The fraction of sp³-hybridized carbons (Fsp3) is 0.737. The van der Waals surface area contributed by atoms with Gasteiger partial charge in [0.05, 0.1) is 13.2 Å². The second-order valence-corrected chi connectivity index (χ2v) is 7.51. The lowest BCUT2D eigenvalue weighted by atomic mass is 9.72. The normalized spacial score (nSPS) is 28.7. The minimum Gasteiger partial charge on any atom is -0.465 e. The molecule has 0 heterocycles. The Labute approximate surface area is 142 Å². The Morgan fingerprint density at radius 1 is 1.08 bits per heavy atom. The molecule has 1 spiro atoms. The zero-order valence-electron chi connectivity index (χ0n) is 14.7. The van der Waals surface area contributed by atoms with Gasteiger partial charge >= 0.3 is 11.9 Å². The minimum atomic E-state index is -1.28. The van der Waals surface area contributed by atoms with Crippen molar-refractivity contribution in [3.05, 3.63) is 11.6 Å². The predicted octanol–water partition coefficient (Wildman–Crippen LogP) is 2.82. The van der Waals surface area contributed by atoms with Crippen LogP contribution in [0.15, 0.2) is 11.6 Å². The molecule has 0 aromatic heterocycles. The summed E-state index contributed by atoms with van der Waals surface area (Å²) in [6, 6.07) is 0. The Kier molecular flexibility index (Phi) is 4.30. The minimum absolute atomic E-state index is 0.0393. The zero-order chi connectivity index (χ0) is 17.5. The summed E-state index contributed by atoms with van der Waals surface area (Å²) in [4.78, 5) is 37.5. The molecule has 0 saturated heterocycles. The third kappa shape index (κ3) is 2.68. The highest BCUT2D eigenvalue weighted by molar-refractivity contribution is 6.01. The van der Waals surface area contributed by atoms with Crippen molar-refractivity contribution in [2.75, 3.05) is 13.2 Å². The van der Waals surface area contributed by atoms with E-state index in [2.05, 4.69) is 6.08 Å². The molecule has 0 aliphatic heterocycles. The van der Waals surface area contributed by atoms with Crippen LogP contribution in [0.2, 0.25) is 0 Å². The summed E-state index contributed by atoms with van der Waals surface area (Å²) in [6.07, 6.45) is 5.95. The predicted molar refractivity (Wildman–Crippen MR) is 87.0 cm³/mol. The van der Waals surface area contributed by atoms with E-state index in [1.165, 1.54) is 0 Å². The summed E-state index contributed by atoms with van der Waals surface area (Å²) in [6.45, 7) is 5.54. The maximum atomic E-state index is 12.6. The first-order chi connectivity index (χ1) is 11.4. The topological polar surface area (TPSA) is 69.7 Å². The molecule has 2 atom stereocenters. The number of carbonyl (C=O) groups excluding carboxylic acids is 3. The summed E-state index contributed by atoms with van der Waals surface area (Å²) in [5.74, 6) is -1.00. The third-order valence-corrected chi connectivity index (χ3v) is 5.90. The fourth-order valence-corrected chi connectivity index (χ4v) is 4.52. The summed E-state index contributed by atoms with van der Waals surface area (Å²) >= 11 is 0. The number of hydrogen-bond acceptors (Lipinski definition) is 5. The second kappa shape index (κ2) is 6.01. The van der Waals surface area contributed by atoms with Crippen LogP contribution >= 0.6 is 0 Å². The van der Waals surface area contributed by atoms with E-state index in [1.54, 1.807) is 20.8 Å². The number of ketones is 1. The molecule has 24 heavy (non-hydrogen) atoms. The van der Waals surface area contributed by atoms with Gasteiger partial charge in [-0.05, 0) is 64.2 Å². The first kappa shape index (κ1) is 17.2. The Bertz CT molecular complexity index is 581. The SMILES string of the molecule is CCOC(=O)C1(C(=O)OCC)CC2=CC3(CC3)CC(C(C)=O)[C@@H]2C1. The van der Waals surface area contributed by atoms with Crippen LogP contribution < -0.4 is 0 Å². The highest BCUT2D eigenvalue weighted by atomic mass is 16.6. The first-order valence-electron chi connectivity index (χ1n) is 8.94. The molecular formula is C19H26O5. The van der Waals surface area contributed by atoms with E-state index < -0.39 is 17.4 Å². The quantitative estimate of drug-likeness (QED) is 0.439. The van der Waals surface area contributed by atoms with Gasteiger partial charge in [0.1, 0.15) is 5.78 Å². The van der Waals surface area contributed by atoms with Crippen LogP contribution in [0.25, 0.3) is 0 Å². The summed E-state index contributed by atoms with van der Waals surface area (Å²) in [7, 11) is 0. The molecule has 3 aliphatic carbocycles. The van der Waals surface area contributed by atoms with Crippen molar-refractivity contribution in [2.45, 2.75) is 52.9 Å². The monoisotopic (exact) mass is 334 g/mol. The first-order valence-corrected chi connectivity index (χ1v) is 8.94. The van der Waals surface area contributed by atoms with Gasteiger partial charge in [-0.15, -0.1) is 0 Å². The highest BCUT2D eigenvalue weighted by Crippen LogP contribution is 2.62. The van der Waals surface area contributed by atoms with Gasteiger partial charge in [0.2, 0.25) is 0 Å². The van der Waals surface area contributed by atoms with Gasteiger partial charge in [-0.2, -0.15) is 0 Å². The van der Waals surface area contributed by atoms with Gasteiger partial charge in [-0.1, -0.05) is 11.6 Å². The maximum absolute atomic E-state index is 12.6. The number of rotatable bonds is 5. The van der Waals surface area contributed by atoms with E-state index >= 15 is 0 Å². The zero-order valence-corrected chi connectivity index (χ0v) is 14.7. The molecule has 0 radical (unpaired) electrons. The van der Waals surface area contributed by atoms with E-state index in [0.717, 1.165) is 24.8 Å². The number of carbonyl (C=O) groups is 3. The van der Waals surface area contributed by atoms with Gasteiger partial charge in [-0.25, -0.2) is 0 Å². The molecule has 0 aromatic rings. The number of Topliss-reactive ketones (excluding diaryl/α,β-unsaturated/α-hetero) is 1. The third-order valence-electron chi connectivity index (χ3n) is 5.90. The van der Waals surface area contributed by atoms with Crippen molar-refractivity contribution in [2.24, 2.45) is 22.7 Å². The van der Waals surface area contributed by atoms with Crippen LogP contribution in [-0.4, -0.2) is 30.9 Å². The molecule has 2 saturated carbocycles. The van der Waals surface area contributed by atoms with E-state index in [4.69, 9.17) is 9.47 Å². The van der Waals surface area contributed by atoms with Crippen molar-refractivity contribution in [3.63, 3.8) is 0 Å².